The van der Waals surface area contributed by atoms with Crippen molar-refractivity contribution < 1.29 is 96.8 Å². The minimum absolute atomic E-state index is 0.000758. The Bertz CT molecular complexity index is 4930. The number of H-pyrrole nitrogens is 6. The molecule has 6 aromatic heterocycles. The fourth-order valence-corrected chi connectivity index (χ4v) is 15.7. The number of aliphatic hydroxyl groups is 2. The van der Waals surface area contributed by atoms with Gasteiger partial charge in [-0.15, -0.1) is 0 Å². The molecule has 6 aromatic rings. The van der Waals surface area contributed by atoms with Crippen LogP contribution in [-0.2, 0) is 120 Å². The number of aromatic nitrogens is 12. The Balaban J connectivity index is 1.02. The number of carboxylic acid groups (broad SMARTS) is 1. The number of nitrogens with one attached hydrogen (secondary N) is 21. The van der Waals surface area contributed by atoms with Crippen LogP contribution in [0.15, 0.2) is 75.1 Å². The summed E-state index contributed by atoms with van der Waals surface area (Å²) in [6.45, 7) is 13.5. The summed E-state index contributed by atoms with van der Waals surface area (Å²) in [5.41, 5.74) is 13.2. The highest BCUT2D eigenvalue weighted by Gasteiger charge is 2.44. The first kappa shape index (κ1) is 113. The van der Waals surface area contributed by atoms with E-state index in [1.54, 1.807) is 47.8 Å². The van der Waals surface area contributed by atoms with E-state index in [1.165, 1.54) is 98.7 Å². The highest BCUT2D eigenvalue weighted by molar-refractivity contribution is 7.98. The number of carbonyl (C=O) groups excluding carboxylic acids is 16. The van der Waals surface area contributed by atoms with Crippen molar-refractivity contribution in [2.75, 3.05) is 44.0 Å². The smallest absolute Gasteiger partial charge is 0.326 e. The second-order valence-corrected chi connectivity index (χ2v) is 36.9. The molecule has 0 unspecified atom stereocenters. The van der Waals surface area contributed by atoms with Crippen LogP contribution >= 0.6 is 24.4 Å². The predicted octanol–water partition coefficient (Wildman–Crippen LogP) is -5.93. The number of aromatic amines is 6. The molecule has 0 aliphatic carbocycles. The molecule has 1 fully saturated rings. The van der Waals surface area contributed by atoms with Gasteiger partial charge in [0.15, 0.2) is 0 Å². The van der Waals surface area contributed by atoms with Gasteiger partial charge < -0.3 is 141 Å². The van der Waals surface area contributed by atoms with E-state index in [0.717, 1.165) is 0 Å². The topological polar surface area (TPSA) is 759 Å². The van der Waals surface area contributed by atoms with Gasteiger partial charge in [-0.2, -0.15) is 24.4 Å². The minimum Gasteiger partial charge on any atom is -0.480 e. The lowest BCUT2D eigenvalue weighted by atomic mass is 10.00. The Morgan fingerprint density at radius 1 is 0.424 bits per heavy atom. The molecule has 16 amide bonds. The number of likely N-dealkylation sites (tertiary alicyclic amines) is 1. The maximum absolute atomic E-state index is 15.1. The Hall–Kier alpha value is -13.2. The first-order valence-corrected chi connectivity index (χ1v) is 48.0. The molecule has 28 N–H and O–H groups in total. The van der Waals surface area contributed by atoms with Crippen molar-refractivity contribution in [3.63, 3.8) is 0 Å². The largest absolute Gasteiger partial charge is 0.480 e. The lowest BCUT2D eigenvalue weighted by Crippen LogP contribution is -2.62. The number of hydrogen-bond acceptors (Lipinski definition) is 29. The molecule has 1 aliphatic rings. The van der Waals surface area contributed by atoms with Crippen LogP contribution in [0.3, 0.4) is 0 Å². The molecule has 139 heavy (non-hydrogen) atoms. The SMILES string of the molecule is CSCC[C@H](NC(=O)CNC(=O)[C@H](CCCCN)NC(=O)[C@H](CC(C)C)NC(=O)[C@@H](N)CS)C(=O)N[C@H](C(=O)N[C@@H](CC(C)C)C(=O)N[C@@H](CO)C(=O)N[C@@H](CC(C)C)C(=O)N1CCC[C@H]1C(=O)N[C@H](C(=O)N[C@@H](Cc1c[nH]cn1)C(=O)N[C@@H](Cc1c[nH]cn1)C(=O)N[C@@H](Cc1c[nH]cn1)C(=O)N[C@@H](Cc1c[nH]cn1)C(=O)N[C@@H](Cc1c[nH]cn1)C(=O)N[C@@H](Cc1c[nH]cn1)C(=O)O)C(C)C)[C@@H](C)O. The molecule has 1 saturated heterocycles. The van der Waals surface area contributed by atoms with Gasteiger partial charge in [-0.1, -0.05) is 55.4 Å². The number of imidazole rings is 6. The summed E-state index contributed by atoms with van der Waals surface area (Å²) in [6.07, 6.45) is 16.2. The van der Waals surface area contributed by atoms with Crippen molar-refractivity contribution in [3.8, 4) is 0 Å². The highest BCUT2D eigenvalue weighted by Crippen LogP contribution is 2.23. The third-order valence-corrected chi connectivity index (χ3v) is 23.4. The van der Waals surface area contributed by atoms with Crippen molar-refractivity contribution in [3.05, 3.63) is 109 Å². The Morgan fingerprint density at radius 3 is 1.13 bits per heavy atom. The molecule has 52 heteroatoms. The summed E-state index contributed by atoms with van der Waals surface area (Å²) in [6, 6.07) is -23.2. The maximum atomic E-state index is 15.1. The molecule has 7 heterocycles. The van der Waals surface area contributed by atoms with E-state index in [0.29, 0.717) is 18.5 Å². The predicted molar refractivity (Wildman–Crippen MR) is 506 cm³/mol. The van der Waals surface area contributed by atoms with Crippen molar-refractivity contribution in [1.29, 1.82) is 0 Å². The number of carbonyl (C=O) groups is 17. The van der Waals surface area contributed by atoms with Gasteiger partial charge in [-0.3, -0.25) is 76.7 Å². The van der Waals surface area contributed by atoms with E-state index in [9.17, 15) is 87.2 Å². The van der Waals surface area contributed by atoms with E-state index < -0.39 is 222 Å². The van der Waals surface area contributed by atoms with Crippen LogP contribution in [0.4, 0.5) is 0 Å². The Labute approximate surface area is 812 Å². The van der Waals surface area contributed by atoms with Crippen molar-refractivity contribution in [2.24, 2.45) is 35.1 Å². The number of hydrogen-bond donors (Lipinski definition) is 27. The number of thioether (sulfide) groups is 1. The molecule has 764 valence electrons. The zero-order valence-electron chi connectivity index (χ0n) is 79.3. The number of rotatable bonds is 61. The van der Waals surface area contributed by atoms with Crippen LogP contribution in [0.1, 0.15) is 154 Å². The van der Waals surface area contributed by atoms with Gasteiger partial charge in [0.2, 0.25) is 94.5 Å². The van der Waals surface area contributed by atoms with Gasteiger partial charge in [0.1, 0.15) is 90.6 Å². The van der Waals surface area contributed by atoms with Gasteiger partial charge in [0.05, 0.1) is 97.4 Å². The molecule has 50 nitrogen and oxygen atoms in total. The third kappa shape index (κ3) is 37.2. The maximum Gasteiger partial charge on any atom is 0.326 e. The zero-order valence-corrected chi connectivity index (χ0v) is 81.0. The number of thiol groups is 1. The average Bonchev–Trinajstić information content (AvgIpc) is 1.68. The summed E-state index contributed by atoms with van der Waals surface area (Å²) >= 11 is 5.38. The number of unbranched alkanes of at least 4 members (excludes halogenated alkanes) is 1. The second kappa shape index (κ2) is 57.2. The first-order chi connectivity index (χ1) is 66.2. The molecule has 0 spiro atoms. The van der Waals surface area contributed by atoms with Crippen LogP contribution in [0.25, 0.3) is 0 Å². The van der Waals surface area contributed by atoms with Crippen molar-refractivity contribution in [1.82, 2.24) is 144 Å². The molecular formula is C87H134N30O20S2. The fraction of sp³-hybridized carbons (Fsp3) is 0.598. The molecule has 1 aliphatic heterocycles. The number of carboxylic acids is 1. The Kier molecular flexibility index (Phi) is 46.4. The molecule has 0 bridgehead atoms. The van der Waals surface area contributed by atoms with E-state index in [2.05, 4.69) is 152 Å². The number of nitrogens with zero attached hydrogens (tertiary/aromatic N) is 7. The summed E-state index contributed by atoms with van der Waals surface area (Å²) in [4.78, 5) is 285. The van der Waals surface area contributed by atoms with Crippen molar-refractivity contribution in [2.45, 2.75) is 261 Å². The minimum atomic E-state index is -1.79. The second-order valence-electron chi connectivity index (χ2n) is 35.5. The Morgan fingerprint density at radius 2 is 0.763 bits per heavy atom. The van der Waals surface area contributed by atoms with Crippen LogP contribution < -0.4 is 91.2 Å². The quantitative estimate of drug-likeness (QED) is 0.0125. The van der Waals surface area contributed by atoms with Gasteiger partial charge in [-0.05, 0) is 107 Å². The van der Waals surface area contributed by atoms with Crippen molar-refractivity contribution >= 4 is 125 Å². The summed E-state index contributed by atoms with van der Waals surface area (Å²) < 4.78 is 0. The van der Waals surface area contributed by atoms with Gasteiger partial charge in [0.25, 0.3) is 0 Å². The normalized spacial score (nSPS) is 16.0. The number of amides is 16. The van der Waals surface area contributed by atoms with Gasteiger partial charge in [-0.25, -0.2) is 34.7 Å². The molecule has 17 atom stereocenters. The van der Waals surface area contributed by atoms with Crippen LogP contribution in [0.2, 0.25) is 0 Å². The van der Waals surface area contributed by atoms with E-state index in [1.807, 2.05) is 13.8 Å². The fourth-order valence-electron chi connectivity index (χ4n) is 15.0. The standard InChI is InChI=1S/C87H134N30O20S2/c1-44(2)20-58(105-72(121)55(89)37-138)75(124)104-56(14-11-12-17-88)73(122)96-35-69(120)103-57(16-19-139-10)74(123)116-71(48(9)119)85(134)110-59(21-45(3)4)76(125)114-67(36-118)82(131)112-65(22-46(5)6)86(135)117-18-13-15-68(117)83(132)115-70(47(7)8)84(133)111-64(27-53-33-94-42-101-53)80(129)108-62(25-51-31-92-40-99-51)78(127)106-60(23-49-29-90-38-97-49)77(126)107-61(24-50-30-91-39-98-50)79(128)109-63(26-52-32-93-41-100-52)81(130)113-66(87(136)137)28-54-34-95-43-102-54/h29-34,38-48,55-68,70-71,118-119,138H,11-28,35-37,88-89H2,1-10H3,(H,90,97)(H,91,98)(H,92,99)(H,93,100)(H,94,101)(H,95,102)(H,96,122)(H,103,120)(H,104,124)(H,105,121)(H,106,127)(H,107,126)(H,108,129)(H,109,128)(H,110,134)(H,111,133)(H,112,131)(H,113,130)(H,114,125)(H,115,132)(H,116,123)(H,136,137)/t48-,55+,56+,57+,58+,59+,60+,61+,62+,63+,64+,65+,66+,67+,68+,70+,71+/m1/s1. The van der Waals surface area contributed by atoms with E-state index in [-0.39, 0.29) is 154 Å². The lowest BCUT2D eigenvalue weighted by Gasteiger charge is -2.32. The van der Waals surface area contributed by atoms with Crippen LogP contribution in [-0.4, -0.2) is 327 Å². The summed E-state index contributed by atoms with van der Waals surface area (Å²) in [5.74, 6) is -16.9. The molecular weight excluding hydrogens is 1850 g/mol. The first-order valence-electron chi connectivity index (χ1n) is 45.9. The third-order valence-electron chi connectivity index (χ3n) is 22.4. The monoisotopic (exact) mass is 1980 g/mol. The molecule has 0 saturated carbocycles. The van der Waals surface area contributed by atoms with Crippen LogP contribution in [0.5, 0.6) is 0 Å². The molecule has 0 radical (unpaired) electrons. The summed E-state index contributed by atoms with van der Waals surface area (Å²) in [7, 11) is 0. The van der Waals surface area contributed by atoms with Gasteiger partial charge >= 0.3 is 5.97 Å². The van der Waals surface area contributed by atoms with Crippen LogP contribution in [0, 0.1) is 23.7 Å². The number of aliphatic carboxylic acids is 1. The highest BCUT2D eigenvalue weighted by atomic mass is 32.2. The lowest BCUT2D eigenvalue weighted by molar-refractivity contribution is -0.143. The average molecular weight is 1980 g/mol. The number of aliphatic hydroxyl groups excluding tert-OH is 2. The zero-order chi connectivity index (χ0) is 102. The van der Waals surface area contributed by atoms with Gasteiger partial charge in [0, 0.05) is 88.0 Å². The van der Waals surface area contributed by atoms with E-state index in [4.69, 9.17) is 11.5 Å². The molecule has 7 rings (SSSR count). The number of nitrogens with two attached hydrogens (primary N) is 2. The van der Waals surface area contributed by atoms with E-state index >= 15 is 9.59 Å². The molecule has 0 aromatic carbocycles. The summed E-state index contributed by atoms with van der Waals surface area (Å²) in [5, 5.41) is 71.0.